The van der Waals surface area contributed by atoms with Gasteiger partial charge in [0.25, 0.3) is 5.91 Å². The lowest BCUT2D eigenvalue weighted by Crippen LogP contribution is -2.42. The lowest BCUT2D eigenvalue weighted by Gasteiger charge is -2.30. The Morgan fingerprint density at radius 1 is 1.08 bits per heavy atom. The highest BCUT2D eigenvalue weighted by atomic mass is 16.5. The summed E-state index contributed by atoms with van der Waals surface area (Å²) in [6.45, 7) is 2.27. The van der Waals surface area contributed by atoms with E-state index in [0.29, 0.717) is 32.5 Å². The van der Waals surface area contributed by atoms with Gasteiger partial charge >= 0.3 is 11.9 Å². The van der Waals surface area contributed by atoms with E-state index in [1.807, 2.05) is 0 Å². The fourth-order valence-corrected chi connectivity index (χ4v) is 2.65. The molecule has 0 saturated carbocycles. The van der Waals surface area contributed by atoms with E-state index < -0.39 is 35.7 Å². The second kappa shape index (κ2) is 8.41. The zero-order valence-corrected chi connectivity index (χ0v) is 14.3. The molecule has 0 atom stereocenters. The number of carbonyl (C=O) groups is 3. The Labute approximate surface area is 149 Å². The Bertz CT molecular complexity index is 671. The van der Waals surface area contributed by atoms with Crippen LogP contribution < -0.4 is 0 Å². The van der Waals surface area contributed by atoms with Gasteiger partial charge in [0, 0.05) is 13.1 Å². The number of phenols is 3. The van der Waals surface area contributed by atoms with Crippen molar-refractivity contribution < 1.29 is 39.2 Å². The molecule has 1 fully saturated rings. The third-order valence-electron chi connectivity index (χ3n) is 4.10. The van der Waals surface area contributed by atoms with Crippen molar-refractivity contribution in [1.29, 1.82) is 0 Å². The van der Waals surface area contributed by atoms with Gasteiger partial charge < -0.3 is 29.7 Å². The van der Waals surface area contributed by atoms with Crippen LogP contribution in [-0.2, 0) is 19.1 Å². The Kier molecular flexibility index (Phi) is 6.26. The summed E-state index contributed by atoms with van der Waals surface area (Å²) >= 11 is 0. The molecule has 3 N–H and O–H groups in total. The Morgan fingerprint density at radius 2 is 1.65 bits per heavy atom. The van der Waals surface area contributed by atoms with E-state index in [9.17, 15) is 29.7 Å². The first kappa shape index (κ1) is 19.4. The van der Waals surface area contributed by atoms with Gasteiger partial charge in [-0.25, -0.2) is 4.79 Å². The van der Waals surface area contributed by atoms with E-state index in [1.54, 1.807) is 6.92 Å². The van der Waals surface area contributed by atoms with Gasteiger partial charge in [-0.2, -0.15) is 0 Å². The number of carbonyl (C=O) groups excluding carboxylic acids is 3. The molecule has 0 unspecified atom stereocenters. The predicted molar refractivity (Wildman–Crippen MR) is 87.7 cm³/mol. The molecule has 0 radical (unpaired) electrons. The summed E-state index contributed by atoms with van der Waals surface area (Å²) in [6, 6.07) is 1.85. The summed E-state index contributed by atoms with van der Waals surface area (Å²) in [7, 11) is 0. The average Bonchev–Trinajstić information content (AvgIpc) is 2.63. The Hall–Kier alpha value is -2.97. The van der Waals surface area contributed by atoms with Gasteiger partial charge in [0.2, 0.25) is 0 Å². The number of hydrogen-bond acceptors (Lipinski definition) is 8. The first-order valence-electron chi connectivity index (χ1n) is 8.20. The molecule has 9 heteroatoms. The molecular weight excluding hydrogens is 346 g/mol. The largest absolute Gasteiger partial charge is 0.504 e. The van der Waals surface area contributed by atoms with E-state index >= 15 is 0 Å². The maximum atomic E-state index is 12.1. The zero-order chi connectivity index (χ0) is 19.3. The molecule has 1 aliphatic heterocycles. The quantitative estimate of drug-likeness (QED) is 0.513. The van der Waals surface area contributed by atoms with Crippen molar-refractivity contribution in [2.45, 2.75) is 19.8 Å². The number of amides is 1. The summed E-state index contributed by atoms with van der Waals surface area (Å²) in [5, 5.41) is 28.0. The van der Waals surface area contributed by atoms with Crippen molar-refractivity contribution >= 4 is 17.8 Å². The van der Waals surface area contributed by atoms with E-state index in [1.165, 1.54) is 4.90 Å². The van der Waals surface area contributed by atoms with Crippen LogP contribution in [0.3, 0.4) is 0 Å². The minimum Gasteiger partial charge on any atom is -0.504 e. The highest BCUT2D eigenvalue weighted by Gasteiger charge is 2.28. The summed E-state index contributed by atoms with van der Waals surface area (Å²) in [6.07, 6.45) is 0.969. The third-order valence-corrected chi connectivity index (χ3v) is 4.10. The van der Waals surface area contributed by atoms with Crippen LogP contribution >= 0.6 is 0 Å². The molecule has 0 aromatic heterocycles. The topological polar surface area (TPSA) is 134 Å². The van der Waals surface area contributed by atoms with Crippen molar-refractivity contribution in [2.24, 2.45) is 5.92 Å². The van der Waals surface area contributed by atoms with E-state index in [0.717, 1.165) is 12.1 Å². The number of phenolic OH excluding ortho intramolecular Hbond substituents is 3. The van der Waals surface area contributed by atoms with Crippen LogP contribution in [0.25, 0.3) is 0 Å². The number of hydrogen-bond donors (Lipinski definition) is 3. The number of nitrogens with zero attached hydrogens (tertiary/aromatic N) is 1. The molecule has 142 valence electrons. The minimum atomic E-state index is -0.926. The van der Waals surface area contributed by atoms with Crippen LogP contribution in [0.5, 0.6) is 17.2 Å². The van der Waals surface area contributed by atoms with Crippen LogP contribution in [0.1, 0.15) is 30.1 Å². The standard InChI is InChI=1S/C17H21NO8/c1-2-25-16(23)10-3-5-18(6-4-10)14(21)9-26-17(24)11-7-12(19)15(22)13(20)8-11/h7-8,10,19-20,22H,2-6,9H2,1H3. The smallest absolute Gasteiger partial charge is 0.338 e. The predicted octanol–water partition coefficient (Wildman–Crippen LogP) is 0.762. The van der Waals surface area contributed by atoms with E-state index in [-0.39, 0.29) is 17.5 Å². The number of benzene rings is 1. The molecule has 0 bridgehead atoms. The van der Waals surface area contributed by atoms with Crippen molar-refractivity contribution in [3.8, 4) is 17.2 Å². The highest BCUT2D eigenvalue weighted by Crippen LogP contribution is 2.35. The Balaban J connectivity index is 1.84. The van der Waals surface area contributed by atoms with E-state index in [2.05, 4.69) is 0 Å². The fraction of sp³-hybridized carbons (Fsp3) is 0.471. The lowest BCUT2D eigenvalue weighted by atomic mass is 9.97. The first-order chi connectivity index (χ1) is 12.3. The molecule has 0 aliphatic carbocycles. The van der Waals surface area contributed by atoms with Gasteiger partial charge in [-0.1, -0.05) is 0 Å². The summed E-state index contributed by atoms with van der Waals surface area (Å²) in [5.74, 6) is -3.93. The van der Waals surface area contributed by atoms with Crippen molar-refractivity contribution in [2.75, 3.05) is 26.3 Å². The van der Waals surface area contributed by atoms with Crippen molar-refractivity contribution in [1.82, 2.24) is 4.90 Å². The molecule has 1 saturated heterocycles. The summed E-state index contributed by atoms with van der Waals surface area (Å²) < 4.78 is 9.84. The monoisotopic (exact) mass is 367 g/mol. The molecule has 1 aromatic rings. The number of aromatic hydroxyl groups is 3. The molecule has 2 rings (SSSR count). The summed E-state index contributed by atoms with van der Waals surface area (Å²) in [4.78, 5) is 37.2. The van der Waals surface area contributed by atoms with Crippen LogP contribution in [0.15, 0.2) is 12.1 Å². The first-order valence-corrected chi connectivity index (χ1v) is 8.20. The normalized spacial score (nSPS) is 14.7. The molecular formula is C17H21NO8. The molecule has 26 heavy (non-hydrogen) atoms. The molecule has 0 spiro atoms. The molecule has 1 amide bonds. The van der Waals surface area contributed by atoms with Gasteiger partial charge in [0.1, 0.15) is 0 Å². The molecule has 1 aliphatic rings. The van der Waals surface area contributed by atoms with Gasteiger partial charge in [-0.05, 0) is 31.9 Å². The number of rotatable bonds is 5. The molecule has 1 aromatic carbocycles. The van der Waals surface area contributed by atoms with Crippen LogP contribution in [0.2, 0.25) is 0 Å². The van der Waals surface area contributed by atoms with Gasteiger partial charge in [-0.3, -0.25) is 9.59 Å². The van der Waals surface area contributed by atoms with Gasteiger partial charge in [0.05, 0.1) is 18.1 Å². The van der Waals surface area contributed by atoms with Crippen LogP contribution in [-0.4, -0.2) is 64.4 Å². The SMILES string of the molecule is CCOC(=O)C1CCN(C(=O)COC(=O)c2cc(O)c(O)c(O)c2)CC1. The maximum absolute atomic E-state index is 12.1. The molecule has 9 nitrogen and oxygen atoms in total. The van der Waals surface area contributed by atoms with E-state index in [4.69, 9.17) is 9.47 Å². The Morgan fingerprint density at radius 3 is 2.19 bits per heavy atom. The van der Waals surface area contributed by atoms with Gasteiger partial charge in [-0.15, -0.1) is 0 Å². The number of piperidine rings is 1. The minimum absolute atomic E-state index is 0.202. The summed E-state index contributed by atoms with van der Waals surface area (Å²) in [5.41, 5.74) is -0.202. The maximum Gasteiger partial charge on any atom is 0.338 e. The van der Waals surface area contributed by atoms with Gasteiger partial charge in [0.15, 0.2) is 23.9 Å². The number of esters is 2. The average molecular weight is 367 g/mol. The van der Waals surface area contributed by atoms with Crippen molar-refractivity contribution in [3.05, 3.63) is 17.7 Å². The van der Waals surface area contributed by atoms with Crippen LogP contribution in [0, 0.1) is 5.92 Å². The van der Waals surface area contributed by atoms with Crippen molar-refractivity contribution in [3.63, 3.8) is 0 Å². The number of likely N-dealkylation sites (tertiary alicyclic amines) is 1. The van der Waals surface area contributed by atoms with Crippen LogP contribution in [0.4, 0.5) is 0 Å². The third kappa shape index (κ3) is 4.56. The fourth-order valence-electron chi connectivity index (χ4n) is 2.65. The highest BCUT2D eigenvalue weighted by molar-refractivity contribution is 5.92. The second-order valence-corrected chi connectivity index (χ2v) is 5.85. The zero-order valence-electron chi connectivity index (χ0n) is 14.3. The lowest BCUT2D eigenvalue weighted by molar-refractivity contribution is -0.151. The number of ether oxygens (including phenoxy) is 2. The second-order valence-electron chi connectivity index (χ2n) is 5.85. The molecule has 1 heterocycles.